The van der Waals surface area contributed by atoms with Gasteiger partial charge in [-0.3, -0.25) is 4.79 Å². The molecule has 1 N–H and O–H groups in total. The third kappa shape index (κ3) is 5.18. The Balaban J connectivity index is 2.09. The first-order valence-corrected chi connectivity index (χ1v) is 11.4. The van der Waals surface area contributed by atoms with Crippen LogP contribution in [0.3, 0.4) is 0 Å². The topological polar surface area (TPSA) is 127 Å². The summed E-state index contributed by atoms with van der Waals surface area (Å²) in [7, 11) is -4.88. The van der Waals surface area contributed by atoms with Gasteiger partial charge in [-0.1, -0.05) is 11.6 Å². The van der Waals surface area contributed by atoms with Gasteiger partial charge in [0.05, 0.1) is 35.7 Å². The summed E-state index contributed by atoms with van der Waals surface area (Å²) in [6.45, 7) is -0.506. The van der Waals surface area contributed by atoms with Crippen LogP contribution in [0.25, 0.3) is 0 Å². The molecule has 0 spiro atoms. The molecule has 0 aliphatic carbocycles. The number of amides is 1. The van der Waals surface area contributed by atoms with Gasteiger partial charge in [-0.25, -0.2) is 21.6 Å². The van der Waals surface area contributed by atoms with Crippen molar-refractivity contribution in [1.82, 2.24) is 9.62 Å². The molecule has 1 aromatic carbocycles. The van der Waals surface area contributed by atoms with E-state index in [9.17, 15) is 26.4 Å². The van der Waals surface area contributed by atoms with Gasteiger partial charge < -0.3 is 10.1 Å². The highest BCUT2D eigenvalue weighted by Gasteiger charge is 2.31. The van der Waals surface area contributed by atoms with E-state index in [2.05, 4.69) is 10.1 Å². The molecule has 0 saturated carbocycles. The van der Waals surface area contributed by atoms with Gasteiger partial charge >= 0.3 is 5.97 Å². The van der Waals surface area contributed by atoms with Gasteiger partial charge in [-0.2, -0.15) is 4.31 Å². The summed E-state index contributed by atoms with van der Waals surface area (Å²) in [4.78, 5) is 23.3. The van der Waals surface area contributed by atoms with Crippen LogP contribution < -0.4 is 5.32 Å². The van der Waals surface area contributed by atoms with Gasteiger partial charge in [0, 0.05) is 13.1 Å². The Labute approximate surface area is 162 Å². The van der Waals surface area contributed by atoms with E-state index in [1.54, 1.807) is 0 Å². The molecule has 0 radical (unpaired) electrons. The number of sulfonamides is 1. The molecule has 2 rings (SSSR count). The highest BCUT2D eigenvalue weighted by molar-refractivity contribution is 7.91. The van der Waals surface area contributed by atoms with Gasteiger partial charge in [-0.15, -0.1) is 0 Å². The molecular weight excluding hydrogens is 420 g/mol. The molecule has 0 bridgehead atoms. The summed E-state index contributed by atoms with van der Waals surface area (Å²) in [5.41, 5.74) is 0.0873. The van der Waals surface area contributed by atoms with Crippen molar-refractivity contribution in [2.75, 3.05) is 32.2 Å². The predicted molar refractivity (Wildman–Crippen MR) is 97.8 cm³/mol. The quantitative estimate of drug-likeness (QED) is 0.621. The standard InChI is InChI=1S/C15H19ClN2O7S2/c1-18(8-14(19)17-11-5-6-26(21,22)9-11)27(23,24)13-4-3-10(7-12(13)16)15(20)25-2/h3-4,7,11H,5-6,8-9H2,1-2H3,(H,17,19)/t11-/m1/s1. The minimum atomic E-state index is -4.10. The van der Waals surface area contributed by atoms with Crippen molar-refractivity contribution < 1.29 is 31.2 Å². The number of sulfone groups is 1. The molecule has 150 valence electrons. The average Bonchev–Trinajstić information content (AvgIpc) is 2.91. The monoisotopic (exact) mass is 438 g/mol. The lowest BCUT2D eigenvalue weighted by atomic mass is 10.2. The van der Waals surface area contributed by atoms with Crippen molar-refractivity contribution in [3.8, 4) is 0 Å². The smallest absolute Gasteiger partial charge is 0.337 e. The van der Waals surface area contributed by atoms with Crippen LogP contribution in [0.4, 0.5) is 0 Å². The molecule has 1 fully saturated rings. The fourth-order valence-electron chi connectivity index (χ4n) is 2.59. The normalized spacial score (nSPS) is 19.0. The molecule has 9 nitrogen and oxygen atoms in total. The third-order valence-electron chi connectivity index (χ3n) is 4.01. The number of halogens is 1. The highest BCUT2D eigenvalue weighted by Crippen LogP contribution is 2.25. The number of hydrogen-bond donors (Lipinski definition) is 1. The van der Waals surface area contributed by atoms with Crippen molar-refractivity contribution in [1.29, 1.82) is 0 Å². The van der Waals surface area contributed by atoms with Crippen LogP contribution in [-0.2, 0) is 29.4 Å². The van der Waals surface area contributed by atoms with Gasteiger partial charge in [0.15, 0.2) is 9.84 Å². The molecule has 0 aromatic heterocycles. The van der Waals surface area contributed by atoms with Crippen molar-refractivity contribution in [3.05, 3.63) is 28.8 Å². The summed E-state index contributed by atoms with van der Waals surface area (Å²) in [5.74, 6) is -1.45. The van der Waals surface area contributed by atoms with Crippen LogP contribution in [0.15, 0.2) is 23.1 Å². The Kier molecular flexibility index (Phi) is 6.51. The van der Waals surface area contributed by atoms with Crippen LogP contribution in [0, 0.1) is 0 Å². The van der Waals surface area contributed by atoms with Gasteiger partial charge in [0.2, 0.25) is 15.9 Å². The van der Waals surface area contributed by atoms with Crippen LogP contribution >= 0.6 is 11.6 Å². The van der Waals surface area contributed by atoms with E-state index in [4.69, 9.17) is 11.6 Å². The number of nitrogens with zero attached hydrogens (tertiary/aromatic N) is 1. The van der Waals surface area contributed by atoms with E-state index in [1.165, 1.54) is 20.2 Å². The van der Waals surface area contributed by atoms with Crippen molar-refractivity contribution in [2.45, 2.75) is 17.4 Å². The molecule has 1 aromatic rings. The maximum absolute atomic E-state index is 12.6. The first-order chi connectivity index (χ1) is 12.5. The molecule has 12 heteroatoms. The third-order valence-corrected chi connectivity index (χ3v) is 8.06. The maximum atomic E-state index is 12.6. The second-order valence-corrected chi connectivity index (χ2v) is 10.7. The van der Waals surface area contributed by atoms with E-state index >= 15 is 0 Å². The molecule has 1 aliphatic rings. The fourth-order valence-corrected chi connectivity index (χ4v) is 5.91. The van der Waals surface area contributed by atoms with Crippen LogP contribution in [0.2, 0.25) is 5.02 Å². The zero-order valence-corrected chi connectivity index (χ0v) is 17.0. The number of likely N-dealkylation sites (N-methyl/N-ethyl adjacent to an activating group) is 1. The molecule has 1 amide bonds. The van der Waals surface area contributed by atoms with E-state index in [0.29, 0.717) is 6.42 Å². The predicted octanol–water partition coefficient (Wildman–Crippen LogP) is 0.0504. The zero-order chi connectivity index (χ0) is 20.4. The Morgan fingerprint density at radius 2 is 2.04 bits per heavy atom. The first-order valence-electron chi connectivity index (χ1n) is 7.80. The number of carbonyl (C=O) groups is 2. The molecular formula is C15H19ClN2O7S2. The van der Waals surface area contributed by atoms with Gasteiger partial charge in [0.1, 0.15) is 4.90 Å². The molecule has 27 heavy (non-hydrogen) atoms. The second-order valence-electron chi connectivity index (χ2n) is 6.07. The summed E-state index contributed by atoms with van der Waals surface area (Å²) in [6, 6.07) is 3.04. The Morgan fingerprint density at radius 1 is 1.37 bits per heavy atom. The van der Waals surface area contributed by atoms with Crippen molar-refractivity contribution >= 4 is 43.3 Å². The number of esters is 1. The lowest BCUT2D eigenvalue weighted by Crippen LogP contribution is -2.43. The number of rotatable bonds is 6. The molecule has 1 saturated heterocycles. The average molecular weight is 439 g/mol. The van der Waals surface area contributed by atoms with Gasteiger partial charge in [0.25, 0.3) is 0 Å². The lowest BCUT2D eigenvalue weighted by molar-refractivity contribution is -0.121. The van der Waals surface area contributed by atoms with Gasteiger partial charge in [-0.05, 0) is 24.6 Å². The minimum absolute atomic E-state index is 0.00572. The van der Waals surface area contributed by atoms with E-state index in [0.717, 1.165) is 16.4 Å². The lowest BCUT2D eigenvalue weighted by Gasteiger charge is -2.19. The zero-order valence-electron chi connectivity index (χ0n) is 14.6. The van der Waals surface area contributed by atoms with Crippen LogP contribution in [0.1, 0.15) is 16.8 Å². The van der Waals surface area contributed by atoms with E-state index < -0.39 is 44.3 Å². The summed E-state index contributed by atoms with van der Waals surface area (Å²) < 4.78 is 53.4. The Morgan fingerprint density at radius 3 is 2.56 bits per heavy atom. The van der Waals surface area contributed by atoms with Crippen LogP contribution in [0.5, 0.6) is 0 Å². The maximum Gasteiger partial charge on any atom is 0.337 e. The number of carbonyl (C=O) groups excluding carboxylic acids is 2. The summed E-state index contributed by atoms with van der Waals surface area (Å²) in [6.07, 6.45) is 0.297. The largest absolute Gasteiger partial charge is 0.465 e. The molecule has 0 unspecified atom stereocenters. The number of benzene rings is 1. The van der Waals surface area contributed by atoms with Crippen molar-refractivity contribution in [3.63, 3.8) is 0 Å². The summed E-state index contributed by atoms with van der Waals surface area (Å²) >= 11 is 5.98. The van der Waals surface area contributed by atoms with Crippen molar-refractivity contribution in [2.24, 2.45) is 0 Å². The molecule has 1 aliphatic heterocycles. The second kappa shape index (κ2) is 8.13. The first kappa shape index (κ1) is 21.6. The fraction of sp³-hybridized carbons (Fsp3) is 0.467. The Bertz CT molecular complexity index is 960. The number of ether oxygens (including phenoxy) is 1. The Hall–Kier alpha value is -1.69. The highest BCUT2D eigenvalue weighted by atomic mass is 35.5. The number of nitrogens with one attached hydrogen (secondary N) is 1. The number of methoxy groups -OCH3 is 1. The SMILES string of the molecule is COC(=O)c1ccc(S(=O)(=O)N(C)CC(=O)N[C@@H]2CCS(=O)(=O)C2)c(Cl)c1. The van der Waals surface area contributed by atoms with Crippen LogP contribution in [-0.4, -0.2) is 71.3 Å². The van der Waals surface area contributed by atoms with E-state index in [-0.39, 0.29) is 27.0 Å². The summed E-state index contributed by atoms with van der Waals surface area (Å²) in [5, 5.41) is 2.33. The van der Waals surface area contributed by atoms with E-state index in [1.807, 2.05) is 0 Å². The molecule has 1 atom stereocenters. The molecule has 1 heterocycles. The minimum Gasteiger partial charge on any atom is -0.465 e. The number of hydrogen-bond acceptors (Lipinski definition) is 7.